The summed E-state index contributed by atoms with van der Waals surface area (Å²) in [5.74, 6) is 2.31. The van der Waals surface area contributed by atoms with E-state index in [-0.39, 0.29) is 11.9 Å². The summed E-state index contributed by atoms with van der Waals surface area (Å²) < 4.78 is 10.5. The van der Waals surface area contributed by atoms with Gasteiger partial charge < -0.3 is 25.1 Å². The van der Waals surface area contributed by atoms with Crippen molar-refractivity contribution in [3.05, 3.63) is 53.6 Å². The fourth-order valence-corrected chi connectivity index (χ4v) is 3.29. The zero-order valence-electron chi connectivity index (χ0n) is 14.6. The lowest BCUT2D eigenvalue weighted by molar-refractivity contribution is 0.397. The zero-order chi connectivity index (χ0) is 18.1. The van der Waals surface area contributed by atoms with Crippen molar-refractivity contribution in [2.24, 2.45) is 0 Å². The third-order valence-corrected chi connectivity index (χ3v) is 4.59. The molecule has 3 aromatic rings. The Kier molecular flexibility index (Phi) is 4.08. The van der Waals surface area contributed by atoms with Crippen LogP contribution in [-0.4, -0.2) is 40.7 Å². The summed E-state index contributed by atoms with van der Waals surface area (Å²) in [6.45, 7) is 1.39. The van der Waals surface area contributed by atoms with Gasteiger partial charge in [-0.2, -0.15) is 9.97 Å². The minimum Gasteiger partial charge on any atom is -0.497 e. The van der Waals surface area contributed by atoms with E-state index in [1.807, 2.05) is 12.1 Å². The first-order chi connectivity index (χ1) is 12.7. The van der Waals surface area contributed by atoms with Gasteiger partial charge in [0.05, 0.1) is 38.5 Å². The molecule has 0 fully saturated rings. The van der Waals surface area contributed by atoms with Crippen molar-refractivity contribution in [3.63, 3.8) is 0 Å². The lowest BCUT2D eigenvalue weighted by atomic mass is 9.91. The molecule has 0 saturated heterocycles. The zero-order valence-corrected chi connectivity index (χ0v) is 14.6. The number of hydrogen-bond donors (Lipinski definition) is 2. The van der Waals surface area contributed by atoms with Gasteiger partial charge in [-0.3, -0.25) is 0 Å². The van der Waals surface area contributed by atoms with Gasteiger partial charge in [0.15, 0.2) is 0 Å². The molecule has 26 heavy (non-hydrogen) atoms. The number of aromatic amines is 1. The van der Waals surface area contributed by atoms with Crippen LogP contribution in [0, 0.1) is 0 Å². The first-order valence-corrected chi connectivity index (χ1v) is 8.27. The van der Waals surface area contributed by atoms with E-state index >= 15 is 0 Å². The molecule has 0 bridgehead atoms. The monoisotopic (exact) mass is 352 g/mol. The fourth-order valence-electron chi connectivity index (χ4n) is 3.29. The summed E-state index contributed by atoms with van der Waals surface area (Å²) in [5, 5.41) is 0. The minimum atomic E-state index is 0.109. The molecule has 2 aromatic heterocycles. The van der Waals surface area contributed by atoms with Crippen molar-refractivity contribution in [2.75, 3.05) is 31.4 Å². The van der Waals surface area contributed by atoms with Crippen LogP contribution < -0.4 is 20.1 Å². The van der Waals surface area contributed by atoms with Crippen molar-refractivity contribution >= 4 is 11.8 Å². The second-order valence-corrected chi connectivity index (χ2v) is 6.10. The van der Waals surface area contributed by atoms with Crippen LogP contribution in [0.25, 0.3) is 0 Å². The van der Waals surface area contributed by atoms with E-state index in [1.165, 1.54) is 0 Å². The predicted octanol–water partition coefficient (Wildman–Crippen LogP) is 1.95. The largest absolute Gasteiger partial charge is 0.497 e. The highest BCUT2D eigenvalue weighted by atomic mass is 16.5. The smallest absolute Gasteiger partial charge is 0.225 e. The van der Waals surface area contributed by atoms with Gasteiger partial charge in [-0.15, -0.1) is 0 Å². The molecule has 3 N–H and O–H groups in total. The molecular formula is C18H20N6O2. The summed E-state index contributed by atoms with van der Waals surface area (Å²) in [6.07, 6.45) is 1.74. The lowest BCUT2D eigenvalue weighted by Gasteiger charge is -2.33. The number of aromatic nitrogens is 4. The molecule has 0 aliphatic carbocycles. The molecule has 0 radical (unpaired) electrons. The molecule has 0 saturated carbocycles. The van der Waals surface area contributed by atoms with Crippen LogP contribution in [-0.2, 0) is 6.54 Å². The van der Waals surface area contributed by atoms with Crippen LogP contribution in [0.1, 0.15) is 22.9 Å². The molecule has 0 spiro atoms. The van der Waals surface area contributed by atoms with Gasteiger partial charge in [-0.1, -0.05) is 12.1 Å². The first kappa shape index (κ1) is 16.2. The third kappa shape index (κ3) is 2.90. The van der Waals surface area contributed by atoms with Gasteiger partial charge >= 0.3 is 0 Å². The maximum absolute atomic E-state index is 5.83. The Morgan fingerprint density at radius 3 is 2.69 bits per heavy atom. The molecular weight excluding hydrogens is 332 g/mol. The molecule has 1 unspecified atom stereocenters. The number of hydrogen-bond acceptors (Lipinski definition) is 7. The van der Waals surface area contributed by atoms with Crippen LogP contribution in [0.15, 0.2) is 36.7 Å². The SMILES string of the molecule is COc1ccc(C2CN(c3cc(OC)nc(N)n3)Cc3[nH]cnc32)cc1. The number of imidazole rings is 1. The van der Waals surface area contributed by atoms with Crippen LogP contribution in [0.5, 0.6) is 11.6 Å². The summed E-state index contributed by atoms with van der Waals surface area (Å²) in [4.78, 5) is 18.4. The molecule has 1 aromatic carbocycles. The number of nitrogens with two attached hydrogens (primary N) is 1. The number of ether oxygens (including phenoxy) is 2. The number of nitrogen functional groups attached to an aromatic ring is 1. The standard InChI is InChI=1S/C18H20N6O2/c1-25-12-5-3-11(4-6-12)13-8-24(9-14-17(13)21-10-20-14)15-7-16(26-2)23-18(19)22-15/h3-7,10,13H,8-9H2,1-2H3,(H,20,21)(H2,19,22,23). The molecule has 8 heteroatoms. The van der Waals surface area contributed by atoms with Crippen molar-refractivity contribution in [2.45, 2.75) is 12.5 Å². The number of rotatable bonds is 4. The maximum atomic E-state index is 5.83. The highest BCUT2D eigenvalue weighted by Gasteiger charge is 2.30. The third-order valence-electron chi connectivity index (χ3n) is 4.59. The summed E-state index contributed by atoms with van der Waals surface area (Å²) >= 11 is 0. The maximum Gasteiger partial charge on any atom is 0.225 e. The Hall–Kier alpha value is -3.29. The van der Waals surface area contributed by atoms with Crippen LogP contribution in [0.4, 0.5) is 11.8 Å². The second-order valence-electron chi connectivity index (χ2n) is 6.10. The van der Waals surface area contributed by atoms with Gasteiger partial charge in [0, 0.05) is 18.5 Å². The highest BCUT2D eigenvalue weighted by Crippen LogP contribution is 2.34. The summed E-state index contributed by atoms with van der Waals surface area (Å²) in [7, 11) is 3.23. The van der Waals surface area contributed by atoms with E-state index in [0.29, 0.717) is 12.4 Å². The molecule has 1 aliphatic heterocycles. The molecule has 1 aliphatic rings. The predicted molar refractivity (Wildman–Crippen MR) is 97.5 cm³/mol. The van der Waals surface area contributed by atoms with Crippen LogP contribution in [0.3, 0.4) is 0 Å². The van der Waals surface area contributed by atoms with Gasteiger partial charge in [0.2, 0.25) is 11.8 Å². The Bertz CT molecular complexity index is 908. The van der Waals surface area contributed by atoms with Crippen LogP contribution in [0.2, 0.25) is 0 Å². The first-order valence-electron chi connectivity index (χ1n) is 8.27. The Balaban J connectivity index is 1.71. The molecule has 134 valence electrons. The lowest BCUT2D eigenvalue weighted by Crippen LogP contribution is -2.35. The van der Waals surface area contributed by atoms with E-state index in [9.17, 15) is 0 Å². The summed E-state index contributed by atoms with van der Waals surface area (Å²) in [6, 6.07) is 9.86. The highest BCUT2D eigenvalue weighted by molar-refractivity contribution is 5.50. The van der Waals surface area contributed by atoms with Gasteiger partial charge in [0.1, 0.15) is 11.6 Å². The van der Waals surface area contributed by atoms with Crippen molar-refractivity contribution in [1.29, 1.82) is 0 Å². The number of methoxy groups -OCH3 is 2. The van der Waals surface area contributed by atoms with E-state index < -0.39 is 0 Å². The van der Waals surface area contributed by atoms with Crippen molar-refractivity contribution in [1.82, 2.24) is 19.9 Å². The minimum absolute atomic E-state index is 0.109. The number of fused-ring (bicyclic) bond motifs is 1. The number of H-pyrrole nitrogens is 1. The van der Waals surface area contributed by atoms with Crippen molar-refractivity contribution in [3.8, 4) is 11.6 Å². The van der Waals surface area contributed by atoms with E-state index in [4.69, 9.17) is 15.2 Å². The molecule has 8 nitrogen and oxygen atoms in total. The number of nitrogens with zero attached hydrogens (tertiary/aromatic N) is 4. The molecule has 3 heterocycles. The molecule has 0 amide bonds. The van der Waals surface area contributed by atoms with E-state index in [0.717, 1.165) is 35.1 Å². The Morgan fingerprint density at radius 1 is 1.15 bits per heavy atom. The molecule has 4 rings (SSSR count). The Labute approximate surface area is 151 Å². The van der Waals surface area contributed by atoms with Gasteiger partial charge in [0.25, 0.3) is 0 Å². The van der Waals surface area contributed by atoms with Crippen LogP contribution >= 0.6 is 0 Å². The summed E-state index contributed by atoms with van der Waals surface area (Å²) in [5.41, 5.74) is 9.11. The topological polar surface area (TPSA) is 102 Å². The second kappa shape index (κ2) is 6.55. The number of nitrogens with one attached hydrogen (secondary N) is 1. The number of benzene rings is 1. The van der Waals surface area contributed by atoms with Gasteiger partial charge in [-0.05, 0) is 17.7 Å². The quantitative estimate of drug-likeness (QED) is 0.740. The number of anilines is 2. The average Bonchev–Trinajstić information content (AvgIpc) is 3.15. The van der Waals surface area contributed by atoms with E-state index in [1.54, 1.807) is 26.6 Å². The van der Waals surface area contributed by atoms with Gasteiger partial charge in [-0.25, -0.2) is 4.98 Å². The Morgan fingerprint density at radius 2 is 1.96 bits per heavy atom. The average molecular weight is 352 g/mol. The fraction of sp³-hybridized carbons (Fsp3) is 0.278. The van der Waals surface area contributed by atoms with Crippen molar-refractivity contribution < 1.29 is 9.47 Å². The van der Waals surface area contributed by atoms with E-state index in [2.05, 4.69) is 37.0 Å². The normalized spacial score (nSPS) is 16.2. The molecule has 1 atom stereocenters.